The highest BCUT2D eigenvalue weighted by atomic mass is 79.9. The van der Waals surface area contributed by atoms with Crippen LogP contribution in [0, 0.1) is 0 Å². The summed E-state index contributed by atoms with van der Waals surface area (Å²) < 4.78 is 8.79. The Morgan fingerprint density at radius 2 is 1.74 bits per heavy atom. The molecule has 5 nitrogen and oxygen atoms in total. The zero-order valence-electron chi connectivity index (χ0n) is 16.9. The molecule has 2 heterocycles. The van der Waals surface area contributed by atoms with Gasteiger partial charge >= 0.3 is 5.97 Å². The first kappa shape index (κ1) is 19.6. The average Bonchev–Trinajstić information content (AvgIpc) is 3.15. The van der Waals surface area contributed by atoms with Crippen molar-refractivity contribution in [3.8, 4) is 0 Å². The van der Waals surface area contributed by atoms with E-state index in [1.165, 1.54) is 0 Å². The van der Waals surface area contributed by atoms with E-state index in [9.17, 15) is 4.79 Å². The molecule has 6 heteroatoms. The molecule has 1 atom stereocenters. The van der Waals surface area contributed by atoms with Crippen molar-refractivity contribution in [1.29, 1.82) is 0 Å². The molecule has 1 N–H and O–H groups in total. The van der Waals surface area contributed by atoms with E-state index in [-0.39, 0.29) is 18.6 Å². The molecule has 154 valence electrons. The fraction of sp³-hybridized carbons (Fsp3) is 0.120. The highest BCUT2D eigenvalue weighted by Gasteiger charge is 2.34. The van der Waals surface area contributed by atoms with Crippen molar-refractivity contribution in [3.05, 3.63) is 106 Å². The van der Waals surface area contributed by atoms with Crippen LogP contribution in [0.25, 0.3) is 11.0 Å². The van der Waals surface area contributed by atoms with E-state index in [1.54, 1.807) is 0 Å². The molecule has 0 radical (unpaired) electrons. The predicted octanol–water partition coefficient (Wildman–Crippen LogP) is 5.83. The fourth-order valence-corrected chi connectivity index (χ4v) is 4.25. The molecular weight excluding hydrogens is 454 g/mol. The zero-order valence-corrected chi connectivity index (χ0v) is 18.5. The van der Waals surface area contributed by atoms with Crippen molar-refractivity contribution in [2.75, 3.05) is 5.32 Å². The Kier molecular flexibility index (Phi) is 5.08. The van der Waals surface area contributed by atoms with Crippen molar-refractivity contribution < 1.29 is 9.53 Å². The number of carbonyl (C=O) groups excluding carboxylic acids is 1. The number of rotatable bonds is 4. The summed E-state index contributed by atoms with van der Waals surface area (Å²) in [4.78, 5) is 18.1. The lowest BCUT2D eigenvalue weighted by Crippen LogP contribution is -2.28. The van der Waals surface area contributed by atoms with Crippen molar-refractivity contribution in [1.82, 2.24) is 9.55 Å². The van der Waals surface area contributed by atoms with Gasteiger partial charge in [0.1, 0.15) is 6.61 Å². The van der Waals surface area contributed by atoms with Crippen molar-refractivity contribution in [3.63, 3.8) is 0 Å². The highest BCUT2D eigenvalue weighted by molar-refractivity contribution is 9.10. The number of halogens is 1. The lowest BCUT2D eigenvalue weighted by atomic mass is 9.95. The number of aromatic nitrogens is 2. The minimum Gasteiger partial charge on any atom is -0.457 e. The lowest BCUT2D eigenvalue weighted by molar-refractivity contribution is -0.140. The number of imidazole rings is 1. The van der Waals surface area contributed by atoms with Gasteiger partial charge in [0.05, 0.1) is 22.6 Å². The van der Waals surface area contributed by atoms with E-state index in [0.29, 0.717) is 11.5 Å². The summed E-state index contributed by atoms with van der Waals surface area (Å²) in [5.74, 6) is 0.372. The van der Waals surface area contributed by atoms with Gasteiger partial charge < -0.3 is 10.1 Å². The summed E-state index contributed by atoms with van der Waals surface area (Å²) in [7, 11) is 0. The number of nitrogens with zero attached hydrogens (tertiary/aromatic N) is 2. The maximum absolute atomic E-state index is 13.3. The van der Waals surface area contributed by atoms with Crippen LogP contribution in [0.1, 0.15) is 24.1 Å². The molecule has 1 aromatic heterocycles. The first-order valence-corrected chi connectivity index (χ1v) is 10.8. The molecule has 0 unspecified atom stereocenters. The van der Waals surface area contributed by atoms with Crippen LogP contribution in [-0.4, -0.2) is 15.5 Å². The Morgan fingerprint density at radius 3 is 2.52 bits per heavy atom. The average molecular weight is 474 g/mol. The van der Waals surface area contributed by atoms with Gasteiger partial charge in [-0.3, -0.25) is 4.57 Å². The van der Waals surface area contributed by atoms with Crippen LogP contribution in [0.5, 0.6) is 0 Å². The van der Waals surface area contributed by atoms with E-state index >= 15 is 0 Å². The first-order valence-electron chi connectivity index (χ1n) is 10.0. The normalized spacial score (nSPS) is 15.5. The van der Waals surface area contributed by atoms with E-state index < -0.39 is 0 Å². The summed E-state index contributed by atoms with van der Waals surface area (Å²) >= 11 is 3.50. The molecule has 4 aromatic rings. The summed E-state index contributed by atoms with van der Waals surface area (Å²) in [6, 6.07) is 25.3. The van der Waals surface area contributed by atoms with Gasteiger partial charge in [-0.15, -0.1) is 0 Å². The molecule has 0 bridgehead atoms. The number of benzene rings is 3. The number of anilines is 1. The quantitative estimate of drug-likeness (QED) is 0.378. The Bertz CT molecular complexity index is 1290. The third-order valence-corrected chi connectivity index (χ3v) is 5.98. The van der Waals surface area contributed by atoms with Crippen molar-refractivity contribution in [2.45, 2.75) is 19.6 Å². The maximum atomic E-state index is 13.3. The van der Waals surface area contributed by atoms with Crippen molar-refractivity contribution in [2.24, 2.45) is 0 Å². The first-order chi connectivity index (χ1) is 15.1. The maximum Gasteiger partial charge on any atom is 0.338 e. The monoisotopic (exact) mass is 473 g/mol. The Morgan fingerprint density at radius 1 is 1.03 bits per heavy atom. The molecule has 1 aliphatic rings. The standard InChI is InChI=1S/C25H20BrN3O2/c1-16-22(24(30)31-15-17-7-3-2-4-8-17)23(18-11-13-19(26)14-12-18)29-21-10-6-5-9-20(21)28-25(29)27-16/h2-14,23H,15H2,1H3,(H,27,28)/t23-/m1/s1. The van der Waals surface area contributed by atoms with Crippen LogP contribution in [0.15, 0.2) is 94.6 Å². The smallest absolute Gasteiger partial charge is 0.338 e. The van der Waals surface area contributed by atoms with Gasteiger partial charge in [-0.1, -0.05) is 70.5 Å². The molecule has 0 aliphatic carbocycles. The molecule has 0 spiro atoms. The number of fused-ring (bicyclic) bond motifs is 3. The van der Waals surface area contributed by atoms with E-state index in [2.05, 4.69) is 25.8 Å². The Labute approximate surface area is 188 Å². The topological polar surface area (TPSA) is 56.2 Å². The van der Waals surface area contributed by atoms with E-state index in [1.807, 2.05) is 85.8 Å². The zero-order chi connectivity index (χ0) is 21.4. The Hall–Kier alpha value is -3.38. The number of carbonyl (C=O) groups is 1. The van der Waals surface area contributed by atoms with Crippen LogP contribution in [-0.2, 0) is 16.1 Å². The molecule has 1 aliphatic heterocycles. The molecule has 0 amide bonds. The number of allylic oxidation sites excluding steroid dienone is 1. The van der Waals surface area contributed by atoms with E-state index in [4.69, 9.17) is 9.72 Å². The summed E-state index contributed by atoms with van der Waals surface area (Å²) in [6.07, 6.45) is 0. The second kappa shape index (κ2) is 8.04. The second-order valence-corrected chi connectivity index (χ2v) is 8.39. The fourth-order valence-electron chi connectivity index (χ4n) is 3.99. The number of hydrogen-bond donors (Lipinski definition) is 1. The van der Waals surface area contributed by atoms with Crippen LogP contribution in [0.3, 0.4) is 0 Å². The third kappa shape index (κ3) is 3.64. The van der Waals surface area contributed by atoms with Gasteiger partial charge in [-0.2, -0.15) is 0 Å². The number of hydrogen-bond acceptors (Lipinski definition) is 4. The highest BCUT2D eigenvalue weighted by Crippen LogP contribution is 2.39. The van der Waals surface area contributed by atoms with Crippen molar-refractivity contribution >= 4 is 38.9 Å². The second-order valence-electron chi connectivity index (χ2n) is 7.47. The van der Waals surface area contributed by atoms with Gasteiger partial charge in [0.25, 0.3) is 0 Å². The lowest BCUT2D eigenvalue weighted by Gasteiger charge is -2.30. The number of nitrogens with one attached hydrogen (secondary N) is 1. The van der Waals surface area contributed by atoms with Crippen LogP contribution >= 0.6 is 15.9 Å². The SMILES string of the molecule is CC1=C(C(=O)OCc2ccccc2)[C@@H](c2ccc(Br)cc2)n2c(nc3ccccc32)N1. The Balaban J connectivity index is 1.59. The van der Waals surface area contributed by atoms with Crippen LogP contribution < -0.4 is 5.32 Å². The third-order valence-electron chi connectivity index (χ3n) is 5.45. The van der Waals surface area contributed by atoms with Gasteiger partial charge in [0.15, 0.2) is 0 Å². The summed E-state index contributed by atoms with van der Waals surface area (Å²) in [6.45, 7) is 2.12. The van der Waals surface area contributed by atoms with Crippen LogP contribution in [0.2, 0.25) is 0 Å². The molecule has 0 fully saturated rings. The minimum atomic E-state index is -0.347. The van der Waals surface area contributed by atoms with Gasteiger partial charge in [-0.25, -0.2) is 9.78 Å². The van der Waals surface area contributed by atoms with Gasteiger partial charge in [0, 0.05) is 10.2 Å². The molecule has 0 saturated heterocycles. The molecular formula is C25H20BrN3O2. The molecule has 31 heavy (non-hydrogen) atoms. The van der Waals surface area contributed by atoms with E-state index in [0.717, 1.165) is 32.3 Å². The predicted molar refractivity (Wildman–Crippen MR) is 125 cm³/mol. The summed E-state index contributed by atoms with van der Waals surface area (Å²) in [5.41, 5.74) is 5.09. The van der Waals surface area contributed by atoms with Gasteiger partial charge in [0.2, 0.25) is 5.95 Å². The number of esters is 1. The largest absolute Gasteiger partial charge is 0.457 e. The molecule has 3 aromatic carbocycles. The summed E-state index contributed by atoms with van der Waals surface area (Å²) in [5, 5.41) is 3.31. The number of ether oxygens (including phenoxy) is 1. The number of para-hydroxylation sites is 2. The molecule has 0 saturated carbocycles. The van der Waals surface area contributed by atoms with Gasteiger partial charge in [-0.05, 0) is 42.3 Å². The van der Waals surface area contributed by atoms with Crippen LogP contribution in [0.4, 0.5) is 5.95 Å². The molecule has 5 rings (SSSR count). The minimum absolute atomic E-state index is 0.223.